The number of carbonyl (C=O) groups is 1. The number of rotatable bonds is 5. The van der Waals surface area contributed by atoms with Crippen LogP contribution in [0.3, 0.4) is 0 Å². The molecule has 2 rings (SSSR count). The zero-order valence-corrected chi connectivity index (χ0v) is 12.0. The highest BCUT2D eigenvalue weighted by atomic mass is 16.5. The van der Waals surface area contributed by atoms with E-state index in [9.17, 15) is 4.79 Å². The van der Waals surface area contributed by atoms with Gasteiger partial charge in [0.15, 0.2) is 6.61 Å². The Bertz CT molecular complexity index is 703. The predicted molar refractivity (Wildman–Crippen MR) is 81.2 cm³/mol. The molecular weight excluding hydrogens is 280 g/mol. The molecule has 22 heavy (non-hydrogen) atoms. The topological polar surface area (TPSA) is 87.4 Å². The number of hydrogen-bond acceptors (Lipinski definition) is 5. The van der Waals surface area contributed by atoms with Crippen molar-refractivity contribution in [2.75, 3.05) is 6.61 Å². The van der Waals surface area contributed by atoms with E-state index < -0.39 is 0 Å². The van der Waals surface area contributed by atoms with E-state index in [1.54, 1.807) is 49.6 Å². The van der Waals surface area contributed by atoms with Gasteiger partial charge in [0.1, 0.15) is 5.75 Å². The van der Waals surface area contributed by atoms with Crippen molar-refractivity contribution in [2.45, 2.75) is 6.92 Å². The Labute approximate surface area is 128 Å². The van der Waals surface area contributed by atoms with Crippen molar-refractivity contribution < 1.29 is 9.53 Å². The number of pyridine rings is 1. The fourth-order valence-electron chi connectivity index (χ4n) is 1.59. The van der Waals surface area contributed by atoms with E-state index in [-0.39, 0.29) is 12.5 Å². The summed E-state index contributed by atoms with van der Waals surface area (Å²) in [6, 6.07) is 12.2. The van der Waals surface area contributed by atoms with Crippen LogP contribution >= 0.6 is 0 Å². The number of amides is 1. The number of hydrogen-bond donors (Lipinski definition) is 1. The highest BCUT2D eigenvalue weighted by Crippen LogP contribution is 2.11. The molecule has 0 spiro atoms. The van der Waals surface area contributed by atoms with Crippen molar-refractivity contribution in [3.63, 3.8) is 0 Å². The first-order valence-electron chi connectivity index (χ1n) is 6.55. The molecule has 0 unspecified atom stereocenters. The summed E-state index contributed by atoms with van der Waals surface area (Å²) in [7, 11) is 0. The van der Waals surface area contributed by atoms with Crippen molar-refractivity contribution >= 4 is 11.6 Å². The molecule has 0 fully saturated rings. The Morgan fingerprint density at radius 2 is 2.14 bits per heavy atom. The Morgan fingerprint density at radius 3 is 2.77 bits per heavy atom. The molecule has 6 heteroatoms. The first-order valence-corrected chi connectivity index (χ1v) is 6.55. The third kappa shape index (κ3) is 4.42. The molecule has 0 atom stereocenters. The van der Waals surface area contributed by atoms with Gasteiger partial charge in [-0.3, -0.25) is 9.78 Å². The fourth-order valence-corrected chi connectivity index (χ4v) is 1.59. The van der Waals surface area contributed by atoms with Crippen LogP contribution in [0.1, 0.15) is 18.1 Å². The van der Waals surface area contributed by atoms with Gasteiger partial charge in [0.05, 0.1) is 17.3 Å². The lowest BCUT2D eigenvalue weighted by Crippen LogP contribution is -2.25. The van der Waals surface area contributed by atoms with Crippen LogP contribution in [0, 0.1) is 11.3 Å². The smallest absolute Gasteiger partial charge is 0.277 e. The molecule has 0 aliphatic carbocycles. The van der Waals surface area contributed by atoms with Gasteiger partial charge in [-0.2, -0.15) is 10.4 Å². The summed E-state index contributed by atoms with van der Waals surface area (Å²) in [6.45, 7) is 1.62. The zero-order chi connectivity index (χ0) is 15.8. The molecule has 1 aromatic carbocycles. The van der Waals surface area contributed by atoms with Gasteiger partial charge in [-0.15, -0.1) is 0 Å². The number of carbonyl (C=O) groups excluding carboxylic acids is 1. The van der Waals surface area contributed by atoms with Crippen molar-refractivity contribution in [3.8, 4) is 11.8 Å². The maximum absolute atomic E-state index is 11.7. The van der Waals surface area contributed by atoms with Crippen LogP contribution in [0.4, 0.5) is 0 Å². The SMILES string of the molecule is C/C(=N/NC(=O)COc1ccc(C#N)cc1)c1cccnc1. The van der Waals surface area contributed by atoms with Gasteiger partial charge < -0.3 is 4.74 Å². The molecular formula is C16H14N4O2. The molecule has 0 saturated carbocycles. The van der Waals surface area contributed by atoms with Crippen LogP contribution in [0.25, 0.3) is 0 Å². The van der Waals surface area contributed by atoms with Crippen LogP contribution in [-0.4, -0.2) is 23.2 Å². The van der Waals surface area contributed by atoms with Gasteiger partial charge in [-0.1, -0.05) is 6.07 Å². The van der Waals surface area contributed by atoms with Gasteiger partial charge >= 0.3 is 0 Å². The number of nitriles is 1. The quantitative estimate of drug-likeness (QED) is 0.673. The van der Waals surface area contributed by atoms with E-state index in [0.29, 0.717) is 17.0 Å². The lowest BCUT2D eigenvalue weighted by atomic mass is 10.2. The second-order valence-corrected chi connectivity index (χ2v) is 4.40. The number of aromatic nitrogens is 1. The Morgan fingerprint density at radius 1 is 1.36 bits per heavy atom. The van der Waals surface area contributed by atoms with Crippen molar-refractivity contribution in [3.05, 3.63) is 59.9 Å². The van der Waals surface area contributed by atoms with Crippen LogP contribution < -0.4 is 10.2 Å². The Kier molecular flexibility index (Phi) is 5.21. The monoisotopic (exact) mass is 294 g/mol. The maximum Gasteiger partial charge on any atom is 0.277 e. The summed E-state index contributed by atoms with van der Waals surface area (Å²) >= 11 is 0. The van der Waals surface area contributed by atoms with Crippen LogP contribution in [0.2, 0.25) is 0 Å². The first kappa shape index (κ1) is 15.2. The third-order valence-corrected chi connectivity index (χ3v) is 2.78. The molecule has 1 N–H and O–H groups in total. The molecule has 0 saturated heterocycles. The Hall–Kier alpha value is -3.20. The number of ether oxygens (including phenoxy) is 1. The lowest BCUT2D eigenvalue weighted by molar-refractivity contribution is -0.123. The van der Waals surface area contributed by atoms with E-state index in [1.165, 1.54) is 0 Å². The van der Waals surface area contributed by atoms with Gasteiger partial charge in [-0.25, -0.2) is 5.43 Å². The molecule has 0 radical (unpaired) electrons. The second kappa shape index (κ2) is 7.55. The predicted octanol–water partition coefficient (Wildman–Crippen LogP) is 1.87. The molecule has 2 aromatic rings. The summed E-state index contributed by atoms with van der Waals surface area (Å²) in [5.41, 5.74) is 4.44. The average Bonchev–Trinajstić information content (AvgIpc) is 2.59. The summed E-state index contributed by atoms with van der Waals surface area (Å²) in [4.78, 5) is 15.6. The van der Waals surface area contributed by atoms with Crippen molar-refractivity contribution in [1.29, 1.82) is 5.26 Å². The maximum atomic E-state index is 11.7. The minimum absolute atomic E-state index is 0.157. The minimum atomic E-state index is -0.368. The van der Waals surface area contributed by atoms with E-state index in [4.69, 9.17) is 10.00 Å². The van der Waals surface area contributed by atoms with E-state index >= 15 is 0 Å². The van der Waals surface area contributed by atoms with E-state index in [0.717, 1.165) is 5.56 Å². The number of nitrogens with zero attached hydrogens (tertiary/aromatic N) is 3. The molecule has 1 heterocycles. The lowest BCUT2D eigenvalue weighted by Gasteiger charge is -2.05. The zero-order valence-electron chi connectivity index (χ0n) is 12.0. The molecule has 0 bridgehead atoms. The van der Waals surface area contributed by atoms with E-state index in [2.05, 4.69) is 15.5 Å². The largest absolute Gasteiger partial charge is 0.484 e. The third-order valence-electron chi connectivity index (χ3n) is 2.78. The summed E-state index contributed by atoms with van der Waals surface area (Å²) in [5, 5.41) is 12.7. The summed E-state index contributed by atoms with van der Waals surface area (Å²) in [6.07, 6.45) is 3.33. The molecule has 0 aliphatic heterocycles. The van der Waals surface area contributed by atoms with Crippen LogP contribution in [0.5, 0.6) is 5.75 Å². The number of nitrogens with one attached hydrogen (secondary N) is 1. The van der Waals surface area contributed by atoms with Crippen molar-refractivity contribution in [1.82, 2.24) is 10.4 Å². The molecule has 0 aliphatic rings. The number of hydrazone groups is 1. The van der Waals surface area contributed by atoms with Gasteiger partial charge in [0, 0.05) is 18.0 Å². The Balaban J connectivity index is 1.84. The van der Waals surface area contributed by atoms with Gasteiger partial charge in [-0.05, 0) is 37.3 Å². The summed E-state index contributed by atoms with van der Waals surface area (Å²) < 4.78 is 5.30. The molecule has 6 nitrogen and oxygen atoms in total. The van der Waals surface area contributed by atoms with Crippen LogP contribution in [-0.2, 0) is 4.79 Å². The average molecular weight is 294 g/mol. The molecule has 1 aromatic heterocycles. The highest BCUT2D eigenvalue weighted by Gasteiger charge is 2.03. The molecule has 1 amide bonds. The number of benzene rings is 1. The minimum Gasteiger partial charge on any atom is -0.484 e. The summed E-state index contributed by atoms with van der Waals surface area (Å²) in [5.74, 6) is 0.148. The highest BCUT2D eigenvalue weighted by molar-refractivity contribution is 5.98. The van der Waals surface area contributed by atoms with Gasteiger partial charge in [0.25, 0.3) is 5.91 Å². The van der Waals surface area contributed by atoms with Crippen LogP contribution in [0.15, 0.2) is 53.9 Å². The van der Waals surface area contributed by atoms with Gasteiger partial charge in [0.2, 0.25) is 0 Å². The second-order valence-electron chi connectivity index (χ2n) is 4.40. The standard InChI is InChI=1S/C16H14N4O2/c1-12(14-3-2-8-18-10-14)19-20-16(21)11-22-15-6-4-13(9-17)5-7-15/h2-8,10H,11H2,1H3,(H,20,21)/b19-12-. The normalized spacial score (nSPS) is 10.6. The molecule has 110 valence electrons. The fraction of sp³-hybridized carbons (Fsp3) is 0.125. The van der Waals surface area contributed by atoms with E-state index in [1.807, 2.05) is 12.1 Å². The first-order chi connectivity index (χ1) is 10.7. The van der Waals surface area contributed by atoms with Crippen molar-refractivity contribution in [2.24, 2.45) is 5.10 Å².